The van der Waals surface area contributed by atoms with Gasteiger partial charge in [0, 0.05) is 12.8 Å². The van der Waals surface area contributed by atoms with Crippen LogP contribution in [0.2, 0.25) is 0 Å². The number of ether oxygens (including phenoxy) is 2. The fourth-order valence-electron chi connectivity index (χ4n) is 4.70. The van der Waals surface area contributed by atoms with Gasteiger partial charge in [-0.05, 0) is 50.9 Å². The molecular weight excluding hydrogens is 687 g/mol. The van der Waals surface area contributed by atoms with E-state index < -0.39 is 57.9 Å². The Hall–Kier alpha value is -2.37. The van der Waals surface area contributed by atoms with E-state index in [1.165, 1.54) is 32.1 Å². The number of allylic oxidation sites excluding steroid dienone is 8. The minimum atomic E-state index is -4.64. The smallest absolute Gasteiger partial charge is 0.462 e. The van der Waals surface area contributed by atoms with Crippen molar-refractivity contribution in [3.8, 4) is 0 Å². The highest BCUT2D eigenvalue weighted by atomic mass is 31.2. The average molecular weight is 757 g/mol. The summed E-state index contributed by atoms with van der Waals surface area (Å²) in [5, 5.41) is 28.0. The van der Waals surface area contributed by atoms with Gasteiger partial charge in [0.05, 0.1) is 25.9 Å². The maximum Gasteiger partial charge on any atom is 0.472 e. The summed E-state index contributed by atoms with van der Waals surface area (Å²) in [7, 11) is -4.64. The first-order valence-electron chi connectivity index (χ1n) is 19.2. The van der Waals surface area contributed by atoms with Crippen LogP contribution in [0.15, 0.2) is 60.8 Å². The first-order chi connectivity index (χ1) is 25.0. The zero-order chi connectivity index (χ0) is 38.7. The molecular formula is C40H69O11P. The molecule has 0 aliphatic rings. The van der Waals surface area contributed by atoms with Crippen LogP contribution in [-0.4, -0.2) is 76.9 Å². The number of carbonyl (C=O) groups excluding carboxylic acids is 2. The third-order valence-corrected chi connectivity index (χ3v) is 8.64. The molecule has 0 rings (SSSR count). The van der Waals surface area contributed by atoms with Gasteiger partial charge in [-0.15, -0.1) is 0 Å². The molecule has 2 unspecified atom stereocenters. The fraction of sp³-hybridized carbons (Fsp3) is 0.700. The standard InChI is InChI=1S/C40H69O11P/c1-4-5-27-36(42)28-23-19-15-10-8-6-7-9-11-17-21-25-30-40(45)51-38(34-50-52(46,47)49-32-37(43)31-41)33-48-39(44)29-24-20-16-13-12-14-18-22-26-35(2)3/h5-7,10-11,15,17,19,23,27,35-38,41-43H,4,8-9,12-14,16,18,20-22,24-26,28-34H2,1-3H3,(H,46,47)/b7-6-,15-10-,17-11-,23-19+,27-5-/t36?,37-,38+/m0/s1. The zero-order valence-electron chi connectivity index (χ0n) is 32.0. The molecule has 0 radical (unpaired) electrons. The number of unbranched alkanes of at least 4 members (excludes halogenated alkanes) is 8. The van der Waals surface area contributed by atoms with Gasteiger partial charge in [-0.25, -0.2) is 4.57 Å². The average Bonchev–Trinajstić information content (AvgIpc) is 3.11. The number of aliphatic hydroxyl groups is 3. The van der Waals surface area contributed by atoms with E-state index in [4.69, 9.17) is 19.1 Å². The van der Waals surface area contributed by atoms with E-state index >= 15 is 0 Å². The number of aliphatic hydroxyl groups excluding tert-OH is 3. The summed E-state index contributed by atoms with van der Waals surface area (Å²) in [5.41, 5.74) is 0. The van der Waals surface area contributed by atoms with Gasteiger partial charge in [-0.2, -0.15) is 0 Å². The van der Waals surface area contributed by atoms with Crippen molar-refractivity contribution in [2.24, 2.45) is 5.92 Å². The summed E-state index contributed by atoms with van der Waals surface area (Å²) in [4.78, 5) is 34.8. The molecule has 0 aromatic carbocycles. The first-order valence-corrected chi connectivity index (χ1v) is 20.7. The van der Waals surface area contributed by atoms with Gasteiger partial charge in [0.1, 0.15) is 12.7 Å². The highest BCUT2D eigenvalue weighted by Crippen LogP contribution is 2.43. The van der Waals surface area contributed by atoms with Gasteiger partial charge in [0.25, 0.3) is 0 Å². The molecule has 4 atom stereocenters. The number of esters is 2. The van der Waals surface area contributed by atoms with Gasteiger partial charge in [0.15, 0.2) is 6.10 Å². The Labute approximate surface area is 313 Å². The van der Waals surface area contributed by atoms with E-state index in [0.29, 0.717) is 25.7 Å². The number of carbonyl (C=O) groups is 2. The van der Waals surface area contributed by atoms with Crippen molar-refractivity contribution in [3.05, 3.63) is 60.8 Å². The second-order valence-electron chi connectivity index (χ2n) is 13.3. The molecule has 52 heavy (non-hydrogen) atoms. The van der Waals surface area contributed by atoms with Gasteiger partial charge >= 0.3 is 19.8 Å². The molecule has 0 spiro atoms. The largest absolute Gasteiger partial charge is 0.472 e. The predicted molar refractivity (Wildman–Crippen MR) is 206 cm³/mol. The molecule has 0 heterocycles. The predicted octanol–water partition coefficient (Wildman–Crippen LogP) is 8.38. The third-order valence-electron chi connectivity index (χ3n) is 7.69. The Morgan fingerprint density at radius 2 is 1.31 bits per heavy atom. The number of hydrogen-bond donors (Lipinski definition) is 4. The molecule has 11 nitrogen and oxygen atoms in total. The van der Waals surface area contributed by atoms with Crippen LogP contribution < -0.4 is 0 Å². The summed E-state index contributed by atoms with van der Waals surface area (Å²) in [6.45, 7) is 4.30. The molecule has 0 amide bonds. The van der Waals surface area contributed by atoms with Crippen molar-refractivity contribution in [2.75, 3.05) is 26.4 Å². The van der Waals surface area contributed by atoms with Crippen LogP contribution in [0.5, 0.6) is 0 Å². The topological polar surface area (TPSA) is 169 Å². The maximum absolute atomic E-state index is 12.5. The highest BCUT2D eigenvalue weighted by molar-refractivity contribution is 7.47. The Morgan fingerprint density at radius 1 is 0.712 bits per heavy atom. The quantitative estimate of drug-likeness (QED) is 0.0164. The van der Waals surface area contributed by atoms with Crippen LogP contribution in [-0.2, 0) is 32.7 Å². The minimum Gasteiger partial charge on any atom is -0.462 e. The van der Waals surface area contributed by atoms with Crippen molar-refractivity contribution >= 4 is 19.8 Å². The van der Waals surface area contributed by atoms with E-state index in [9.17, 15) is 29.3 Å². The van der Waals surface area contributed by atoms with E-state index in [1.54, 1.807) is 6.08 Å². The van der Waals surface area contributed by atoms with Crippen LogP contribution in [0, 0.1) is 5.92 Å². The summed E-state index contributed by atoms with van der Waals surface area (Å²) >= 11 is 0. The molecule has 0 aliphatic heterocycles. The molecule has 0 aromatic rings. The van der Waals surface area contributed by atoms with Crippen LogP contribution in [0.4, 0.5) is 0 Å². The SMILES string of the molecule is CC/C=C\C(O)C/C=C/C=C\C/C=C\C/C=C\CCCC(=O)O[C@H](COC(=O)CCCCCCCCCCC(C)C)COP(=O)(O)OC[C@@H](O)CO. The van der Waals surface area contributed by atoms with Gasteiger partial charge in [0.2, 0.25) is 0 Å². The lowest BCUT2D eigenvalue weighted by molar-refractivity contribution is -0.161. The number of rotatable bonds is 34. The lowest BCUT2D eigenvalue weighted by atomic mass is 10.0. The Morgan fingerprint density at radius 3 is 1.98 bits per heavy atom. The van der Waals surface area contributed by atoms with Crippen LogP contribution in [0.25, 0.3) is 0 Å². The highest BCUT2D eigenvalue weighted by Gasteiger charge is 2.27. The first kappa shape index (κ1) is 49.6. The number of hydrogen-bond acceptors (Lipinski definition) is 10. The lowest BCUT2D eigenvalue weighted by Gasteiger charge is -2.20. The normalized spacial score (nSPS) is 15.4. The van der Waals surface area contributed by atoms with Crippen molar-refractivity contribution in [3.63, 3.8) is 0 Å². The molecule has 0 aromatic heterocycles. The maximum atomic E-state index is 12.5. The van der Waals surface area contributed by atoms with E-state index in [0.717, 1.165) is 44.4 Å². The Balaban J connectivity index is 4.52. The number of phosphoric acid groups is 1. The minimum absolute atomic E-state index is 0.0859. The summed E-state index contributed by atoms with van der Waals surface area (Å²) in [5.74, 6) is -0.272. The Kier molecular flexibility index (Phi) is 32.8. The number of phosphoric ester groups is 1. The molecule has 300 valence electrons. The van der Waals surface area contributed by atoms with Crippen molar-refractivity contribution < 1.29 is 52.9 Å². The van der Waals surface area contributed by atoms with Gasteiger partial charge < -0.3 is 29.7 Å². The second kappa shape index (κ2) is 34.4. The van der Waals surface area contributed by atoms with Crippen LogP contribution in [0.1, 0.15) is 130 Å². The van der Waals surface area contributed by atoms with Crippen molar-refractivity contribution in [1.29, 1.82) is 0 Å². The summed E-state index contributed by atoms with van der Waals surface area (Å²) < 4.78 is 32.5. The molecule has 12 heteroatoms. The molecule has 4 N–H and O–H groups in total. The molecule has 0 saturated heterocycles. The zero-order valence-corrected chi connectivity index (χ0v) is 32.9. The van der Waals surface area contributed by atoms with Crippen molar-refractivity contribution in [1.82, 2.24) is 0 Å². The van der Waals surface area contributed by atoms with Crippen molar-refractivity contribution in [2.45, 2.75) is 148 Å². The molecule has 0 saturated carbocycles. The van der Waals surface area contributed by atoms with Crippen LogP contribution >= 0.6 is 7.82 Å². The monoisotopic (exact) mass is 756 g/mol. The molecule has 0 fully saturated rings. The van der Waals surface area contributed by atoms with E-state index in [-0.39, 0.29) is 19.4 Å². The van der Waals surface area contributed by atoms with Gasteiger partial charge in [-0.3, -0.25) is 18.6 Å². The fourth-order valence-corrected chi connectivity index (χ4v) is 5.49. The van der Waals surface area contributed by atoms with Gasteiger partial charge in [-0.1, -0.05) is 133 Å². The second-order valence-corrected chi connectivity index (χ2v) is 14.7. The molecule has 0 bridgehead atoms. The summed E-state index contributed by atoms with van der Waals surface area (Å²) in [6, 6.07) is 0. The van der Waals surface area contributed by atoms with E-state index in [1.807, 2.05) is 49.5 Å². The van der Waals surface area contributed by atoms with Crippen LogP contribution in [0.3, 0.4) is 0 Å². The molecule has 0 aliphatic carbocycles. The Bertz CT molecular complexity index is 1080. The lowest BCUT2D eigenvalue weighted by Crippen LogP contribution is -2.29. The van der Waals surface area contributed by atoms with E-state index in [2.05, 4.69) is 30.5 Å². The third kappa shape index (κ3) is 34.7. The summed E-state index contributed by atoms with van der Waals surface area (Å²) in [6.07, 6.45) is 31.3.